The van der Waals surface area contributed by atoms with Crippen molar-refractivity contribution in [2.75, 3.05) is 11.4 Å². The highest BCUT2D eigenvalue weighted by Crippen LogP contribution is 2.28. The quantitative estimate of drug-likeness (QED) is 0.541. The van der Waals surface area contributed by atoms with Crippen LogP contribution in [-0.2, 0) is 0 Å². The summed E-state index contributed by atoms with van der Waals surface area (Å²) in [5.41, 5.74) is 2.23. The molecule has 0 fully saturated rings. The lowest BCUT2D eigenvalue weighted by Gasteiger charge is -2.36. The molecule has 0 saturated carbocycles. The Labute approximate surface area is 136 Å². The zero-order chi connectivity index (χ0) is 16.8. The van der Waals surface area contributed by atoms with Crippen LogP contribution in [0.3, 0.4) is 0 Å². The Morgan fingerprint density at radius 3 is 2.14 bits per heavy atom. The molecule has 22 heavy (non-hydrogen) atoms. The first-order valence-electron chi connectivity index (χ1n) is 8.81. The molecule has 126 valence electrons. The van der Waals surface area contributed by atoms with Crippen LogP contribution in [0.15, 0.2) is 18.2 Å². The minimum Gasteiger partial charge on any atom is -0.369 e. The predicted molar refractivity (Wildman–Crippen MR) is 96.2 cm³/mol. The van der Waals surface area contributed by atoms with Crippen molar-refractivity contribution in [3.05, 3.63) is 29.6 Å². The lowest BCUT2D eigenvalue weighted by atomic mass is 9.91. The summed E-state index contributed by atoms with van der Waals surface area (Å²) in [6.45, 7) is 14.3. The molecule has 0 aliphatic rings. The fourth-order valence-corrected chi connectivity index (χ4v) is 2.91. The molecule has 0 aliphatic heterocycles. The average Bonchev–Trinajstić information content (AvgIpc) is 2.42. The van der Waals surface area contributed by atoms with Crippen LogP contribution in [0.1, 0.15) is 72.3 Å². The molecule has 1 aromatic carbocycles. The van der Waals surface area contributed by atoms with Crippen molar-refractivity contribution < 1.29 is 4.39 Å². The van der Waals surface area contributed by atoms with E-state index in [0.717, 1.165) is 18.5 Å². The zero-order valence-corrected chi connectivity index (χ0v) is 15.4. The van der Waals surface area contributed by atoms with Gasteiger partial charge < -0.3 is 4.90 Å². The number of aryl methyl sites for hydroxylation is 1. The highest BCUT2D eigenvalue weighted by Gasteiger charge is 2.21. The van der Waals surface area contributed by atoms with Gasteiger partial charge in [-0.2, -0.15) is 0 Å². The minimum atomic E-state index is -0.109. The lowest BCUT2D eigenvalue weighted by Crippen LogP contribution is -2.37. The third kappa shape index (κ3) is 5.98. The third-order valence-corrected chi connectivity index (χ3v) is 4.26. The summed E-state index contributed by atoms with van der Waals surface area (Å²) in [7, 11) is 0. The number of nitrogens with zero attached hydrogens (tertiary/aromatic N) is 1. The van der Waals surface area contributed by atoms with Crippen LogP contribution in [0.4, 0.5) is 10.1 Å². The van der Waals surface area contributed by atoms with E-state index in [1.807, 2.05) is 19.1 Å². The standard InChI is InChI=1S/C20H34FN/c1-7-9-17(10-8-2)22(14-13-20(4,5)6)18-11-12-19(21)16(3)15-18/h11-12,15,17H,7-10,13-14H2,1-6H3. The molecule has 0 heterocycles. The number of halogens is 1. The molecule has 0 N–H and O–H groups in total. The molecule has 2 heteroatoms. The summed E-state index contributed by atoms with van der Waals surface area (Å²) < 4.78 is 13.6. The van der Waals surface area contributed by atoms with Crippen LogP contribution >= 0.6 is 0 Å². The molecule has 1 rings (SSSR count). The van der Waals surface area contributed by atoms with Gasteiger partial charge in [-0.1, -0.05) is 47.5 Å². The van der Waals surface area contributed by atoms with Crippen LogP contribution in [0.2, 0.25) is 0 Å². The number of rotatable bonds is 8. The smallest absolute Gasteiger partial charge is 0.126 e. The van der Waals surface area contributed by atoms with E-state index in [1.54, 1.807) is 6.07 Å². The van der Waals surface area contributed by atoms with Gasteiger partial charge in [0.15, 0.2) is 0 Å². The molecule has 0 aliphatic carbocycles. The normalized spacial score (nSPS) is 12.0. The van der Waals surface area contributed by atoms with Crippen LogP contribution < -0.4 is 4.90 Å². The van der Waals surface area contributed by atoms with E-state index in [0.29, 0.717) is 11.5 Å². The highest BCUT2D eigenvalue weighted by atomic mass is 19.1. The molecular formula is C20H34FN. The van der Waals surface area contributed by atoms with Gasteiger partial charge in [0.25, 0.3) is 0 Å². The number of hydrogen-bond donors (Lipinski definition) is 0. The lowest BCUT2D eigenvalue weighted by molar-refractivity contribution is 0.365. The highest BCUT2D eigenvalue weighted by molar-refractivity contribution is 5.49. The van der Waals surface area contributed by atoms with Crippen LogP contribution in [-0.4, -0.2) is 12.6 Å². The maximum absolute atomic E-state index is 13.6. The topological polar surface area (TPSA) is 3.24 Å². The van der Waals surface area contributed by atoms with E-state index in [4.69, 9.17) is 0 Å². The molecular weight excluding hydrogens is 273 g/mol. The number of hydrogen-bond acceptors (Lipinski definition) is 1. The van der Waals surface area contributed by atoms with Gasteiger partial charge >= 0.3 is 0 Å². The zero-order valence-electron chi connectivity index (χ0n) is 15.4. The molecule has 0 amide bonds. The summed E-state index contributed by atoms with van der Waals surface area (Å²) in [6.07, 6.45) is 5.93. The maximum atomic E-state index is 13.6. The van der Waals surface area contributed by atoms with E-state index in [-0.39, 0.29) is 5.82 Å². The first-order valence-corrected chi connectivity index (χ1v) is 8.81. The molecule has 0 atom stereocenters. The molecule has 1 aromatic rings. The molecule has 0 aromatic heterocycles. The van der Waals surface area contributed by atoms with Crippen molar-refractivity contribution in [1.82, 2.24) is 0 Å². The van der Waals surface area contributed by atoms with Gasteiger partial charge in [-0.3, -0.25) is 0 Å². The Hall–Kier alpha value is -1.05. The number of anilines is 1. The maximum Gasteiger partial charge on any atom is 0.126 e. The minimum absolute atomic E-state index is 0.109. The summed E-state index contributed by atoms with van der Waals surface area (Å²) in [5, 5.41) is 0. The van der Waals surface area contributed by atoms with Crippen molar-refractivity contribution in [1.29, 1.82) is 0 Å². The Balaban J connectivity index is 3.04. The largest absolute Gasteiger partial charge is 0.369 e. The Bertz CT molecular complexity index is 442. The molecule has 1 nitrogen and oxygen atoms in total. The van der Waals surface area contributed by atoms with E-state index in [9.17, 15) is 4.39 Å². The first kappa shape index (κ1) is 19.0. The van der Waals surface area contributed by atoms with E-state index in [1.165, 1.54) is 31.4 Å². The van der Waals surface area contributed by atoms with Crippen molar-refractivity contribution >= 4 is 5.69 Å². The van der Waals surface area contributed by atoms with Crippen molar-refractivity contribution in [3.8, 4) is 0 Å². The summed E-state index contributed by atoms with van der Waals surface area (Å²) >= 11 is 0. The van der Waals surface area contributed by atoms with E-state index in [2.05, 4.69) is 39.5 Å². The van der Waals surface area contributed by atoms with Gasteiger partial charge in [-0.25, -0.2) is 4.39 Å². The average molecular weight is 307 g/mol. The monoisotopic (exact) mass is 307 g/mol. The van der Waals surface area contributed by atoms with Crippen molar-refractivity contribution in [2.45, 2.75) is 79.7 Å². The summed E-state index contributed by atoms with van der Waals surface area (Å²) in [5.74, 6) is -0.109. The van der Waals surface area contributed by atoms with Crippen LogP contribution in [0.25, 0.3) is 0 Å². The predicted octanol–water partition coefficient (Wildman–Crippen LogP) is 6.35. The van der Waals surface area contributed by atoms with Crippen molar-refractivity contribution in [2.24, 2.45) is 5.41 Å². The Morgan fingerprint density at radius 1 is 1.09 bits per heavy atom. The molecule has 0 unspecified atom stereocenters. The number of benzene rings is 1. The van der Waals surface area contributed by atoms with Gasteiger partial charge in [0, 0.05) is 18.3 Å². The van der Waals surface area contributed by atoms with Gasteiger partial charge in [-0.05, 0) is 55.4 Å². The van der Waals surface area contributed by atoms with E-state index >= 15 is 0 Å². The van der Waals surface area contributed by atoms with Gasteiger partial charge in [0.2, 0.25) is 0 Å². The third-order valence-electron chi connectivity index (χ3n) is 4.26. The fraction of sp³-hybridized carbons (Fsp3) is 0.700. The van der Waals surface area contributed by atoms with Crippen LogP contribution in [0.5, 0.6) is 0 Å². The SMILES string of the molecule is CCCC(CCC)N(CCC(C)(C)C)c1ccc(F)c(C)c1. The fourth-order valence-electron chi connectivity index (χ4n) is 2.91. The molecule has 0 radical (unpaired) electrons. The Morgan fingerprint density at radius 2 is 1.68 bits per heavy atom. The first-order chi connectivity index (χ1) is 10.3. The second kappa shape index (κ2) is 8.55. The van der Waals surface area contributed by atoms with Gasteiger partial charge in [0.1, 0.15) is 5.82 Å². The van der Waals surface area contributed by atoms with Crippen LogP contribution in [0, 0.1) is 18.2 Å². The van der Waals surface area contributed by atoms with Gasteiger partial charge in [0.05, 0.1) is 0 Å². The summed E-state index contributed by atoms with van der Waals surface area (Å²) in [6, 6.07) is 6.13. The van der Waals surface area contributed by atoms with Gasteiger partial charge in [-0.15, -0.1) is 0 Å². The molecule has 0 bridgehead atoms. The second-order valence-corrected chi connectivity index (χ2v) is 7.67. The van der Waals surface area contributed by atoms with E-state index < -0.39 is 0 Å². The summed E-state index contributed by atoms with van der Waals surface area (Å²) in [4.78, 5) is 2.52. The molecule has 0 saturated heterocycles. The second-order valence-electron chi connectivity index (χ2n) is 7.67. The Kier molecular flexibility index (Phi) is 7.38. The molecule has 0 spiro atoms. The van der Waals surface area contributed by atoms with Crippen molar-refractivity contribution in [3.63, 3.8) is 0 Å².